The summed E-state index contributed by atoms with van der Waals surface area (Å²) < 4.78 is 20.6. The van der Waals surface area contributed by atoms with Gasteiger partial charge in [0.05, 0.1) is 28.8 Å². The van der Waals surface area contributed by atoms with Crippen molar-refractivity contribution in [3.05, 3.63) is 75.7 Å². The van der Waals surface area contributed by atoms with E-state index in [4.69, 9.17) is 27.9 Å². The Bertz CT molecular complexity index is 1370. The number of fused-ring (bicyclic) bond motifs is 2. The van der Waals surface area contributed by atoms with Crippen LogP contribution < -0.4 is 0 Å². The molecule has 4 nitrogen and oxygen atoms in total. The molecule has 4 rings (SSSR count). The minimum absolute atomic E-state index is 0.0288. The standard InChI is InChI=1S/C23H13Cl2FN2O2/c1-2-30-23(29)16-9-14-10-17(24)19(20(26)21(14)28-22(16)25)15-8-4-6-12-5-3-7-13(11-27)18(12)15/h3-10H,2H2,1H3. The van der Waals surface area contributed by atoms with E-state index in [0.29, 0.717) is 21.9 Å². The smallest absolute Gasteiger partial charge is 0.341 e. The molecule has 0 fully saturated rings. The highest BCUT2D eigenvalue weighted by atomic mass is 35.5. The van der Waals surface area contributed by atoms with Gasteiger partial charge in [-0.25, -0.2) is 14.2 Å². The van der Waals surface area contributed by atoms with Gasteiger partial charge in [-0.1, -0.05) is 53.5 Å². The molecule has 0 aliphatic heterocycles. The lowest BCUT2D eigenvalue weighted by atomic mass is 9.93. The number of halogens is 3. The average molecular weight is 439 g/mol. The van der Waals surface area contributed by atoms with Crippen LogP contribution in [0.3, 0.4) is 0 Å². The number of hydrogen-bond acceptors (Lipinski definition) is 4. The van der Waals surface area contributed by atoms with Crippen molar-refractivity contribution in [2.75, 3.05) is 6.61 Å². The van der Waals surface area contributed by atoms with Gasteiger partial charge in [0.1, 0.15) is 10.7 Å². The van der Waals surface area contributed by atoms with Crippen LogP contribution in [0.25, 0.3) is 32.8 Å². The van der Waals surface area contributed by atoms with Gasteiger partial charge in [-0.3, -0.25) is 0 Å². The molecule has 0 aliphatic carbocycles. The molecule has 30 heavy (non-hydrogen) atoms. The number of rotatable bonds is 3. The predicted octanol–water partition coefficient (Wildman–Crippen LogP) is 6.55. The zero-order valence-corrected chi connectivity index (χ0v) is 17.2. The summed E-state index contributed by atoms with van der Waals surface area (Å²) >= 11 is 12.6. The third-order valence-electron chi connectivity index (χ3n) is 4.74. The quantitative estimate of drug-likeness (QED) is 0.268. The fourth-order valence-corrected chi connectivity index (χ4v) is 3.98. The molecule has 1 aromatic heterocycles. The molecule has 0 unspecified atom stereocenters. The highest BCUT2D eigenvalue weighted by molar-refractivity contribution is 6.35. The van der Waals surface area contributed by atoms with E-state index in [0.717, 1.165) is 5.39 Å². The first kappa shape index (κ1) is 20.1. The van der Waals surface area contributed by atoms with Gasteiger partial charge >= 0.3 is 5.97 Å². The Balaban J connectivity index is 2.03. The van der Waals surface area contributed by atoms with Gasteiger partial charge in [-0.15, -0.1) is 0 Å². The molecule has 0 saturated heterocycles. The van der Waals surface area contributed by atoms with Crippen molar-refractivity contribution in [2.24, 2.45) is 0 Å². The summed E-state index contributed by atoms with van der Waals surface area (Å²) in [5.74, 6) is -1.33. The maximum absolute atomic E-state index is 15.6. The largest absolute Gasteiger partial charge is 0.462 e. The van der Waals surface area contributed by atoms with E-state index < -0.39 is 11.8 Å². The second-order valence-electron chi connectivity index (χ2n) is 6.49. The zero-order chi connectivity index (χ0) is 21.4. The number of hydrogen-bond donors (Lipinski definition) is 0. The van der Waals surface area contributed by atoms with E-state index >= 15 is 4.39 Å². The minimum atomic E-state index is -0.685. The van der Waals surface area contributed by atoms with Crippen LogP contribution in [0.2, 0.25) is 10.2 Å². The third-order valence-corrected chi connectivity index (χ3v) is 5.33. The fraction of sp³-hybridized carbons (Fsp3) is 0.0870. The molecule has 7 heteroatoms. The molecular weight excluding hydrogens is 426 g/mol. The Morgan fingerprint density at radius 1 is 1.17 bits per heavy atom. The van der Waals surface area contributed by atoms with E-state index in [1.54, 1.807) is 31.2 Å². The lowest BCUT2D eigenvalue weighted by Crippen LogP contribution is -2.07. The number of carbonyl (C=O) groups excluding carboxylic acids is 1. The van der Waals surface area contributed by atoms with Gasteiger partial charge in [0.2, 0.25) is 0 Å². The molecular formula is C23H13Cl2FN2O2. The first-order valence-electron chi connectivity index (χ1n) is 9.03. The highest BCUT2D eigenvalue weighted by Crippen LogP contribution is 2.40. The van der Waals surface area contributed by atoms with E-state index in [2.05, 4.69) is 11.1 Å². The van der Waals surface area contributed by atoms with Crippen LogP contribution in [-0.2, 0) is 4.74 Å². The molecule has 148 valence electrons. The number of aromatic nitrogens is 1. The summed E-state index contributed by atoms with van der Waals surface area (Å²) in [5.41, 5.74) is 0.999. The molecule has 1 heterocycles. The molecule has 0 saturated carbocycles. The molecule has 0 radical (unpaired) electrons. The van der Waals surface area contributed by atoms with Gasteiger partial charge in [-0.05, 0) is 36.1 Å². The summed E-state index contributed by atoms with van der Waals surface area (Å²) in [6, 6.07) is 15.7. The lowest BCUT2D eigenvalue weighted by Gasteiger charge is -2.14. The van der Waals surface area contributed by atoms with Crippen molar-refractivity contribution in [1.29, 1.82) is 5.26 Å². The second kappa shape index (κ2) is 7.91. The van der Waals surface area contributed by atoms with Gasteiger partial charge in [0.25, 0.3) is 0 Å². The number of pyridine rings is 1. The monoisotopic (exact) mass is 438 g/mol. The topological polar surface area (TPSA) is 63.0 Å². The van der Waals surface area contributed by atoms with Crippen molar-refractivity contribution in [1.82, 2.24) is 4.98 Å². The van der Waals surface area contributed by atoms with Crippen molar-refractivity contribution in [3.63, 3.8) is 0 Å². The maximum Gasteiger partial charge on any atom is 0.341 e. The molecule has 0 atom stereocenters. The summed E-state index contributed by atoms with van der Waals surface area (Å²) in [4.78, 5) is 16.2. The predicted molar refractivity (Wildman–Crippen MR) is 115 cm³/mol. The Morgan fingerprint density at radius 2 is 1.90 bits per heavy atom. The molecule has 0 bridgehead atoms. The Morgan fingerprint density at radius 3 is 2.60 bits per heavy atom. The van der Waals surface area contributed by atoms with E-state index in [9.17, 15) is 10.1 Å². The van der Waals surface area contributed by atoms with Crippen LogP contribution in [-0.4, -0.2) is 17.6 Å². The van der Waals surface area contributed by atoms with Crippen LogP contribution in [0.1, 0.15) is 22.8 Å². The van der Waals surface area contributed by atoms with E-state index in [1.807, 2.05) is 12.1 Å². The van der Waals surface area contributed by atoms with Crippen LogP contribution in [0.4, 0.5) is 4.39 Å². The number of esters is 1. The van der Waals surface area contributed by atoms with Crippen molar-refractivity contribution in [3.8, 4) is 17.2 Å². The maximum atomic E-state index is 15.6. The minimum Gasteiger partial charge on any atom is -0.462 e. The SMILES string of the molecule is CCOC(=O)c1cc2cc(Cl)c(-c3cccc4cccc(C#N)c34)c(F)c2nc1Cl. The Kier molecular flexibility index (Phi) is 5.29. The van der Waals surface area contributed by atoms with Crippen LogP contribution >= 0.6 is 23.2 Å². The van der Waals surface area contributed by atoms with Crippen LogP contribution in [0, 0.1) is 17.1 Å². The summed E-state index contributed by atoms with van der Waals surface area (Å²) in [6.07, 6.45) is 0. The number of carbonyl (C=O) groups is 1. The van der Waals surface area contributed by atoms with Crippen molar-refractivity contribution >= 4 is 50.8 Å². The molecule has 4 aromatic rings. The second-order valence-corrected chi connectivity index (χ2v) is 7.25. The lowest BCUT2D eigenvalue weighted by molar-refractivity contribution is 0.0526. The summed E-state index contributed by atoms with van der Waals surface area (Å²) in [5, 5.41) is 11.2. The first-order valence-corrected chi connectivity index (χ1v) is 9.79. The van der Waals surface area contributed by atoms with Gasteiger partial charge in [0, 0.05) is 16.3 Å². The Hall–Kier alpha value is -3.20. The number of benzene rings is 3. The molecule has 0 aliphatic rings. The first-order chi connectivity index (χ1) is 14.5. The van der Waals surface area contributed by atoms with Crippen LogP contribution in [0.5, 0.6) is 0 Å². The molecule has 0 spiro atoms. The van der Waals surface area contributed by atoms with Gasteiger partial charge in [0.15, 0.2) is 5.82 Å². The third kappa shape index (κ3) is 3.24. The van der Waals surface area contributed by atoms with Crippen molar-refractivity contribution in [2.45, 2.75) is 6.92 Å². The summed E-state index contributed by atoms with van der Waals surface area (Å²) in [6.45, 7) is 1.84. The molecule has 3 aromatic carbocycles. The summed E-state index contributed by atoms with van der Waals surface area (Å²) in [7, 11) is 0. The zero-order valence-electron chi connectivity index (χ0n) is 15.7. The normalized spacial score (nSPS) is 10.9. The number of nitrogens with zero attached hydrogens (tertiary/aromatic N) is 2. The number of ether oxygens (including phenoxy) is 1. The fourth-order valence-electron chi connectivity index (χ4n) is 3.47. The Labute approximate surface area is 181 Å². The van der Waals surface area contributed by atoms with Gasteiger partial charge < -0.3 is 4.74 Å². The van der Waals surface area contributed by atoms with E-state index in [-0.39, 0.29) is 33.4 Å². The van der Waals surface area contributed by atoms with Crippen molar-refractivity contribution < 1.29 is 13.9 Å². The average Bonchev–Trinajstić information content (AvgIpc) is 2.73. The van der Waals surface area contributed by atoms with Crippen LogP contribution in [0.15, 0.2) is 48.5 Å². The molecule has 0 amide bonds. The van der Waals surface area contributed by atoms with E-state index in [1.165, 1.54) is 12.1 Å². The van der Waals surface area contributed by atoms with Gasteiger partial charge in [-0.2, -0.15) is 5.26 Å². The number of nitriles is 1. The highest BCUT2D eigenvalue weighted by Gasteiger charge is 2.22. The molecule has 0 N–H and O–H groups in total.